The number of benzene rings is 3. The number of carbonyl (C=O) groups is 6. The van der Waals surface area contributed by atoms with E-state index in [-0.39, 0.29) is 60.2 Å². The molecule has 19 nitrogen and oxygen atoms in total. The van der Waals surface area contributed by atoms with Crippen LogP contribution in [0.15, 0.2) is 83.8 Å². The van der Waals surface area contributed by atoms with Crippen molar-refractivity contribution in [2.24, 2.45) is 5.92 Å². The summed E-state index contributed by atoms with van der Waals surface area (Å²) < 4.78 is 30.7. The SMILES string of the molecule is CC(C)CN(C[C@@H](OC(=O)CCCCCNC(=O)c1ccc(C(=O)NCCOCCOCCNC(=O)CCCC[C@@H]2SC[C@@H]3NC(=O)N[C@@H]32)cc1)[C@H](Cc1ccccc1)NC(=O)O[C@H]1CCOC1)Sc1ccc(N)cc1. The van der Waals surface area contributed by atoms with Crippen molar-refractivity contribution in [1.82, 2.24) is 36.2 Å². The molecule has 6 atom stereocenters. The molecule has 3 heterocycles. The number of alkyl carbamates (subject to hydrolysis) is 1. The fourth-order valence-electron chi connectivity index (χ4n) is 8.93. The van der Waals surface area contributed by atoms with E-state index in [4.69, 9.17) is 29.4 Å². The van der Waals surface area contributed by atoms with Crippen LogP contribution in [0.4, 0.5) is 15.3 Å². The second kappa shape index (κ2) is 32.9. The van der Waals surface area contributed by atoms with Gasteiger partial charge in [0.2, 0.25) is 5.91 Å². The number of esters is 1. The number of anilines is 1. The molecule has 3 aliphatic rings. The van der Waals surface area contributed by atoms with E-state index < -0.39 is 18.2 Å². The summed E-state index contributed by atoms with van der Waals surface area (Å²) in [6.07, 6.45) is 4.50. The molecule has 6 amide bonds. The minimum absolute atomic E-state index is 0.00295. The van der Waals surface area contributed by atoms with Crippen molar-refractivity contribution in [3.05, 3.63) is 95.6 Å². The Morgan fingerprint density at radius 2 is 1.47 bits per heavy atom. The van der Waals surface area contributed by atoms with Gasteiger partial charge in [-0.2, -0.15) is 11.8 Å². The van der Waals surface area contributed by atoms with Crippen LogP contribution < -0.4 is 37.6 Å². The Labute approximate surface area is 455 Å². The molecule has 3 aromatic rings. The molecule has 21 heteroatoms. The van der Waals surface area contributed by atoms with Gasteiger partial charge in [-0.1, -0.05) is 57.0 Å². The molecule has 3 aliphatic heterocycles. The number of nitrogens with one attached hydrogen (secondary N) is 6. The lowest BCUT2D eigenvalue weighted by Gasteiger charge is -2.33. The Kier molecular flexibility index (Phi) is 25.8. The third kappa shape index (κ3) is 21.8. The van der Waals surface area contributed by atoms with Crippen molar-refractivity contribution >= 4 is 65.2 Å². The lowest BCUT2D eigenvalue weighted by atomic mass is 10.0. The van der Waals surface area contributed by atoms with Crippen molar-refractivity contribution in [2.75, 3.05) is 83.9 Å². The number of nitrogens with zero attached hydrogens (tertiary/aromatic N) is 1. The van der Waals surface area contributed by atoms with E-state index in [9.17, 15) is 28.8 Å². The van der Waals surface area contributed by atoms with Crippen molar-refractivity contribution < 1.29 is 52.5 Å². The first-order valence-corrected chi connectivity index (χ1v) is 28.5. The van der Waals surface area contributed by atoms with Crippen LogP contribution in [0.2, 0.25) is 0 Å². The number of fused-ring (bicyclic) bond motifs is 1. The Morgan fingerprint density at radius 3 is 2.16 bits per heavy atom. The number of rotatable bonds is 34. The van der Waals surface area contributed by atoms with E-state index in [1.54, 1.807) is 36.2 Å². The number of hydrogen-bond donors (Lipinski definition) is 7. The average molecular weight is 1090 g/mol. The fourth-order valence-corrected chi connectivity index (χ4v) is 11.6. The zero-order chi connectivity index (χ0) is 53.9. The first kappa shape index (κ1) is 59.7. The van der Waals surface area contributed by atoms with Crippen molar-refractivity contribution in [1.29, 1.82) is 0 Å². The molecule has 0 spiro atoms. The normalized spacial score (nSPS) is 18.6. The summed E-state index contributed by atoms with van der Waals surface area (Å²) >= 11 is 3.42. The maximum atomic E-state index is 13.7. The maximum Gasteiger partial charge on any atom is 0.407 e. The molecule has 3 fully saturated rings. The number of carbonyl (C=O) groups excluding carboxylic acids is 6. The van der Waals surface area contributed by atoms with Gasteiger partial charge in [0, 0.05) is 84.7 Å². The van der Waals surface area contributed by atoms with Crippen LogP contribution in [0.3, 0.4) is 0 Å². The second-order valence-electron chi connectivity index (χ2n) is 19.6. The van der Waals surface area contributed by atoms with Gasteiger partial charge in [-0.3, -0.25) is 19.2 Å². The summed E-state index contributed by atoms with van der Waals surface area (Å²) in [4.78, 5) is 77.4. The molecule has 0 radical (unpaired) electrons. The smallest absolute Gasteiger partial charge is 0.407 e. The van der Waals surface area contributed by atoms with E-state index in [0.717, 1.165) is 35.5 Å². The summed E-state index contributed by atoms with van der Waals surface area (Å²) in [6, 6.07) is 23.5. The van der Waals surface area contributed by atoms with Gasteiger partial charge in [0.1, 0.15) is 12.2 Å². The predicted octanol–water partition coefficient (Wildman–Crippen LogP) is 5.87. The van der Waals surface area contributed by atoms with Gasteiger partial charge in [0.25, 0.3) is 11.8 Å². The molecule has 3 saturated heterocycles. The van der Waals surface area contributed by atoms with Crippen molar-refractivity contribution in [3.8, 4) is 0 Å². The van der Waals surface area contributed by atoms with Crippen LogP contribution in [-0.2, 0) is 39.7 Å². The van der Waals surface area contributed by atoms with Crippen molar-refractivity contribution in [3.63, 3.8) is 0 Å². The number of amides is 6. The lowest BCUT2D eigenvalue weighted by molar-refractivity contribution is -0.151. The van der Waals surface area contributed by atoms with E-state index in [1.807, 2.05) is 66.4 Å². The van der Waals surface area contributed by atoms with Gasteiger partial charge in [0.15, 0.2) is 0 Å². The van der Waals surface area contributed by atoms with Gasteiger partial charge >= 0.3 is 18.1 Å². The highest BCUT2D eigenvalue weighted by atomic mass is 32.2. The van der Waals surface area contributed by atoms with E-state index in [1.165, 1.54) is 0 Å². The van der Waals surface area contributed by atoms with Gasteiger partial charge in [-0.05, 0) is 104 Å². The molecule has 76 heavy (non-hydrogen) atoms. The van der Waals surface area contributed by atoms with E-state index >= 15 is 0 Å². The third-order valence-corrected chi connectivity index (χ3v) is 15.4. The Morgan fingerprint density at radius 1 is 0.789 bits per heavy atom. The first-order valence-electron chi connectivity index (χ1n) is 26.7. The minimum atomic E-state index is -0.734. The highest BCUT2D eigenvalue weighted by Gasteiger charge is 2.42. The molecular weight excluding hydrogens is 1010 g/mol. The van der Waals surface area contributed by atoms with Crippen LogP contribution in [0, 0.1) is 5.92 Å². The van der Waals surface area contributed by atoms with E-state index in [2.05, 4.69) is 50.1 Å². The molecule has 0 unspecified atom stereocenters. The van der Waals surface area contributed by atoms with Crippen molar-refractivity contribution in [2.45, 2.75) is 119 Å². The number of unbranched alkanes of at least 4 members (excludes halogenated alkanes) is 3. The molecule has 0 aromatic heterocycles. The molecular formula is C55H78N8O11S2. The highest BCUT2D eigenvalue weighted by Crippen LogP contribution is 2.33. The minimum Gasteiger partial charge on any atom is -0.459 e. The fraction of sp³-hybridized carbons (Fsp3) is 0.564. The van der Waals surface area contributed by atoms with Crippen LogP contribution in [0.5, 0.6) is 0 Å². The largest absolute Gasteiger partial charge is 0.459 e. The zero-order valence-electron chi connectivity index (χ0n) is 43.9. The first-order chi connectivity index (χ1) is 36.9. The number of ether oxygens (including phenoxy) is 5. The molecule has 6 rings (SSSR count). The Bertz CT molecular complexity index is 2260. The number of urea groups is 1. The summed E-state index contributed by atoms with van der Waals surface area (Å²) in [6.45, 7) is 8.59. The molecule has 0 saturated carbocycles. The maximum absolute atomic E-state index is 13.7. The molecule has 8 N–H and O–H groups in total. The van der Waals surface area contributed by atoms with Gasteiger partial charge < -0.3 is 61.3 Å². The van der Waals surface area contributed by atoms with Crippen LogP contribution in [0.1, 0.15) is 97.9 Å². The molecule has 0 aliphatic carbocycles. The zero-order valence-corrected chi connectivity index (χ0v) is 45.6. The number of hydrogen-bond acceptors (Lipinski definition) is 15. The predicted molar refractivity (Wildman–Crippen MR) is 294 cm³/mol. The summed E-state index contributed by atoms with van der Waals surface area (Å²) in [5.74, 6) is 0.270. The lowest BCUT2D eigenvalue weighted by Crippen LogP contribution is -2.51. The number of nitrogen functional groups attached to an aromatic ring is 1. The number of thioether (sulfide) groups is 1. The van der Waals surface area contributed by atoms with Gasteiger partial charge in [0.05, 0.1) is 57.8 Å². The van der Waals surface area contributed by atoms with Crippen LogP contribution in [-0.4, -0.2) is 154 Å². The van der Waals surface area contributed by atoms with E-state index in [0.29, 0.717) is 133 Å². The van der Waals surface area contributed by atoms with Crippen LogP contribution >= 0.6 is 23.7 Å². The summed E-state index contributed by atoms with van der Waals surface area (Å²) in [5, 5.41) is 18.0. The molecule has 3 aromatic carbocycles. The summed E-state index contributed by atoms with van der Waals surface area (Å²) in [5.41, 5.74) is 8.43. The highest BCUT2D eigenvalue weighted by molar-refractivity contribution is 8.00. The van der Waals surface area contributed by atoms with Gasteiger partial charge in [-0.25, -0.2) is 13.9 Å². The van der Waals surface area contributed by atoms with Gasteiger partial charge in [-0.15, -0.1) is 0 Å². The number of nitrogens with two attached hydrogens (primary N) is 1. The Balaban J connectivity index is 0.843. The third-order valence-electron chi connectivity index (χ3n) is 12.9. The summed E-state index contributed by atoms with van der Waals surface area (Å²) in [7, 11) is 0. The quantitative estimate of drug-likeness (QED) is 0.0122. The average Bonchev–Trinajstić information content (AvgIpc) is 4.15. The van der Waals surface area contributed by atoms with Crippen LogP contribution in [0.25, 0.3) is 0 Å². The molecule has 416 valence electrons. The standard InChI is InChI=1S/C55H78N8O11S2/c1-38(2)34-63(76-44-22-20-42(56)21-23-44)35-47(45(33-39-11-5-3-6-12-39)61-55(69)73-43-24-28-72-36-43)74-50(65)15-7-4-10-25-58-52(66)40-16-18-41(19-17-40)53(67)59-27-30-71-32-31-70-29-26-57-49(64)14-9-8-13-48-51-46(37-75-48)60-54(68)62-51/h3,5-6,11-12,16-23,38,43,45-48,51H,4,7-10,13-15,24-37,56H2,1-2H3,(H,57,64)(H,58,66)(H,59,67)(H,61,69)(H2,60,62,68)/t43-,45-,46-,47+,48-,51-/m0/s1. The second-order valence-corrected chi connectivity index (χ2v) is 22.0. The molecule has 0 bridgehead atoms. The Hall–Kier alpha value is -5.58. The topological polar surface area (TPSA) is 250 Å². The monoisotopic (exact) mass is 1090 g/mol.